The number of rotatable bonds is 5. The average molecular weight is 218 g/mol. The fourth-order valence-electron chi connectivity index (χ4n) is 1.61. The summed E-state index contributed by atoms with van der Waals surface area (Å²) in [5.41, 5.74) is 1.49. The smallest absolute Gasteiger partial charge is 0.148 e. The van der Waals surface area contributed by atoms with Gasteiger partial charge in [0.15, 0.2) is 0 Å². The number of nitrogens with zero attached hydrogens (tertiary/aromatic N) is 1. The van der Waals surface area contributed by atoms with Crippen LogP contribution in [0.5, 0.6) is 0 Å². The van der Waals surface area contributed by atoms with Crippen molar-refractivity contribution in [2.24, 2.45) is 0 Å². The Labute approximate surface area is 97.0 Å². The number of ether oxygens (including phenoxy) is 1. The van der Waals surface area contributed by atoms with E-state index in [9.17, 15) is 5.26 Å². The fraction of sp³-hybridized carbons (Fsp3) is 0.462. The lowest BCUT2D eigenvalue weighted by molar-refractivity contribution is 0.162. The number of aryl methyl sites for hydroxylation is 1. The summed E-state index contributed by atoms with van der Waals surface area (Å²) >= 11 is 0. The van der Waals surface area contributed by atoms with E-state index in [0.29, 0.717) is 13.0 Å². The Kier molecular flexibility index (Phi) is 4.33. The van der Waals surface area contributed by atoms with E-state index in [1.807, 2.05) is 38.1 Å². The van der Waals surface area contributed by atoms with Crippen molar-refractivity contribution in [3.63, 3.8) is 0 Å². The lowest BCUT2D eigenvalue weighted by Crippen LogP contribution is -2.40. The fourth-order valence-corrected chi connectivity index (χ4v) is 1.61. The highest BCUT2D eigenvalue weighted by Gasteiger charge is 2.27. The Balaban J connectivity index is 2.88. The van der Waals surface area contributed by atoms with Gasteiger partial charge < -0.3 is 10.1 Å². The maximum absolute atomic E-state index is 9.25. The van der Waals surface area contributed by atoms with Crippen molar-refractivity contribution >= 4 is 5.69 Å². The molecule has 0 radical (unpaired) electrons. The van der Waals surface area contributed by atoms with Gasteiger partial charge in [0.1, 0.15) is 5.54 Å². The van der Waals surface area contributed by atoms with E-state index in [4.69, 9.17) is 4.74 Å². The third-order valence-electron chi connectivity index (χ3n) is 2.61. The molecule has 3 nitrogen and oxygen atoms in total. The Bertz CT molecular complexity index is 384. The first-order chi connectivity index (χ1) is 7.65. The third-order valence-corrected chi connectivity index (χ3v) is 2.61. The van der Waals surface area contributed by atoms with Crippen LogP contribution in [0.1, 0.15) is 18.9 Å². The maximum Gasteiger partial charge on any atom is 0.148 e. The van der Waals surface area contributed by atoms with E-state index in [-0.39, 0.29) is 0 Å². The molecule has 3 heteroatoms. The predicted octanol–water partition coefficient (Wildman–Crippen LogP) is 2.73. The molecule has 16 heavy (non-hydrogen) atoms. The number of anilines is 1. The molecule has 0 aromatic heterocycles. The average Bonchev–Trinajstić information content (AvgIpc) is 2.28. The van der Waals surface area contributed by atoms with Gasteiger partial charge in [-0.1, -0.05) is 19.1 Å². The predicted molar refractivity (Wildman–Crippen MR) is 65.3 cm³/mol. The minimum absolute atomic E-state index is 0.383. The van der Waals surface area contributed by atoms with Crippen molar-refractivity contribution in [2.45, 2.75) is 25.8 Å². The van der Waals surface area contributed by atoms with Crippen molar-refractivity contribution in [3.05, 3.63) is 29.8 Å². The van der Waals surface area contributed by atoms with Gasteiger partial charge in [-0.2, -0.15) is 5.26 Å². The van der Waals surface area contributed by atoms with Crippen molar-refractivity contribution in [1.82, 2.24) is 0 Å². The summed E-state index contributed by atoms with van der Waals surface area (Å²) in [6, 6.07) is 10.3. The number of hydrogen-bond acceptors (Lipinski definition) is 3. The molecule has 0 bridgehead atoms. The molecule has 0 spiro atoms. The quantitative estimate of drug-likeness (QED) is 0.826. The molecule has 0 fully saturated rings. The molecule has 0 aliphatic rings. The Hall–Kier alpha value is -1.53. The largest absolute Gasteiger partial charge is 0.381 e. The van der Waals surface area contributed by atoms with Crippen LogP contribution in [0, 0.1) is 18.3 Å². The number of nitriles is 1. The van der Waals surface area contributed by atoms with Gasteiger partial charge in [0, 0.05) is 12.8 Å². The second-order valence-electron chi connectivity index (χ2n) is 3.97. The van der Waals surface area contributed by atoms with Gasteiger partial charge in [-0.15, -0.1) is 0 Å². The zero-order valence-electron chi connectivity index (χ0n) is 10.1. The first-order valence-corrected chi connectivity index (χ1v) is 5.41. The third kappa shape index (κ3) is 2.98. The van der Waals surface area contributed by atoms with E-state index in [1.165, 1.54) is 5.56 Å². The van der Waals surface area contributed by atoms with Crippen molar-refractivity contribution < 1.29 is 4.74 Å². The molecule has 1 aromatic carbocycles. The zero-order chi connectivity index (χ0) is 12.0. The number of benzene rings is 1. The summed E-state index contributed by atoms with van der Waals surface area (Å²) < 4.78 is 5.11. The summed E-state index contributed by atoms with van der Waals surface area (Å²) in [5, 5.41) is 12.5. The summed E-state index contributed by atoms with van der Waals surface area (Å²) in [4.78, 5) is 0. The topological polar surface area (TPSA) is 45.0 Å². The molecule has 0 saturated heterocycles. The van der Waals surface area contributed by atoms with Crippen LogP contribution >= 0.6 is 0 Å². The molecule has 1 aromatic rings. The van der Waals surface area contributed by atoms with Gasteiger partial charge in [-0.3, -0.25) is 0 Å². The van der Waals surface area contributed by atoms with Crippen LogP contribution in [0.3, 0.4) is 0 Å². The Morgan fingerprint density at radius 2 is 2.25 bits per heavy atom. The standard InChI is InChI=1S/C13H18N2O/c1-4-13(9-14,10-16-3)15-12-7-5-6-11(2)8-12/h5-8,15H,4,10H2,1-3H3. The minimum Gasteiger partial charge on any atom is -0.381 e. The molecule has 1 atom stereocenters. The molecule has 1 rings (SSSR count). The summed E-state index contributed by atoms with van der Waals surface area (Å²) in [6.07, 6.45) is 0.700. The van der Waals surface area contributed by atoms with E-state index in [1.54, 1.807) is 7.11 Å². The van der Waals surface area contributed by atoms with Crippen molar-refractivity contribution in [2.75, 3.05) is 19.0 Å². The molecule has 0 heterocycles. The first kappa shape index (κ1) is 12.5. The van der Waals surface area contributed by atoms with E-state index in [0.717, 1.165) is 5.69 Å². The van der Waals surface area contributed by atoms with E-state index < -0.39 is 5.54 Å². The van der Waals surface area contributed by atoms with Gasteiger partial charge >= 0.3 is 0 Å². The normalized spacial score (nSPS) is 13.9. The van der Waals surface area contributed by atoms with Crippen molar-refractivity contribution in [3.8, 4) is 6.07 Å². The first-order valence-electron chi connectivity index (χ1n) is 5.41. The highest BCUT2D eigenvalue weighted by molar-refractivity contribution is 5.49. The highest BCUT2D eigenvalue weighted by Crippen LogP contribution is 2.19. The van der Waals surface area contributed by atoms with Gasteiger partial charge in [-0.05, 0) is 31.0 Å². The lowest BCUT2D eigenvalue weighted by atomic mass is 9.98. The Morgan fingerprint density at radius 1 is 1.50 bits per heavy atom. The van der Waals surface area contributed by atoms with Crippen LogP contribution in [-0.2, 0) is 4.74 Å². The molecular weight excluding hydrogens is 200 g/mol. The molecule has 0 amide bonds. The van der Waals surface area contributed by atoms with Crippen LogP contribution < -0.4 is 5.32 Å². The van der Waals surface area contributed by atoms with E-state index >= 15 is 0 Å². The minimum atomic E-state index is -0.636. The summed E-state index contributed by atoms with van der Waals surface area (Å²) in [7, 11) is 1.61. The monoisotopic (exact) mass is 218 g/mol. The van der Waals surface area contributed by atoms with E-state index in [2.05, 4.69) is 11.4 Å². The van der Waals surface area contributed by atoms with Gasteiger partial charge in [-0.25, -0.2) is 0 Å². The zero-order valence-corrected chi connectivity index (χ0v) is 10.1. The number of hydrogen-bond donors (Lipinski definition) is 1. The Morgan fingerprint density at radius 3 is 2.75 bits per heavy atom. The maximum atomic E-state index is 9.25. The van der Waals surface area contributed by atoms with Gasteiger partial charge in [0.2, 0.25) is 0 Å². The van der Waals surface area contributed by atoms with Gasteiger partial charge in [0.25, 0.3) is 0 Å². The van der Waals surface area contributed by atoms with Crippen LogP contribution in [0.25, 0.3) is 0 Å². The highest BCUT2D eigenvalue weighted by atomic mass is 16.5. The molecule has 0 aliphatic heterocycles. The summed E-state index contributed by atoms with van der Waals surface area (Å²) in [6.45, 7) is 4.39. The lowest BCUT2D eigenvalue weighted by Gasteiger charge is -2.27. The van der Waals surface area contributed by atoms with Crippen LogP contribution in [0.4, 0.5) is 5.69 Å². The van der Waals surface area contributed by atoms with Crippen LogP contribution in [0.2, 0.25) is 0 Å². The SMILES string of the molecule is CCC(C#N)(COC)Nc1cccc(C)c1. The summed E-state index contributed by atoms with van der Waals surface area (Å²) in [5.74, 6) is 0. The molecular formula is C13H18N2O. The van der Waals surface area contributed by atoms with Crippen LogP contribution in [-0.4, -0.2) is 19.3 Å². The number of nitrogens with one attached hydrogen (secondary N) is 1. The van der Waals surface area contributed by atoms with Crippen molar-refractivity contribution in [1.29, 1.82) is 5.26 Å². The molecule has 1 unspecified atom stereocenters. The van der Waals surface area contributed by atoms with Gasteiger partial charge in [0.05, 0.1) is 12.7 Å². The molecule has 0 aliphatic carbocycles. The second-order valence-corrected chi connectivity index (χ2v) is 3.97. The molecule has 86 valence electrons. The molecule has 1 N–H and O–H groups in total. The molecule has 0 saturated carbocycles. The number of methoxy groups -OCH3 is 1. The second kappa shape index (κ2) is 5.53. The van der Waals surface area contributed by atoms with Crippen LogP contribution in [0.15, 0.2) is 24.3 Å².